The molecule has 2 aromatic rings. The van der Waals surface area contributed by atoms with Crippen LogP contribution in [0.3, 0.4) is 0 Å². The number of nitrogens with zero attached hydrogens (tertiary/aromatic N) is 3. The molecule has 8 heteroatoms. The highest BCUT2D eigenvalue weighted by molar-refractivity contribution is 5.83. The van der Waals surface area contributed by atoms with Gasteiger partial charge in [-0.25, -0.2) is 4.39 Å². The van der Waals surface area contributed by atoms with Crippen LogP contribution in [0.1, 0.15) is 53.0 Å². The predicted octanol–water partition coefficient (Wildman–Crippen LogP) is 3.43. The highest BCUT2D eigenvalue weighted by Crippen LogP contribution is 2.21. The SMILES string of the molecule is CC.CC1CCCN1C(=O)C(N)C(C)(C)F.Cn1nccc1-c1ccc(CNC=O)cc1. The molecule has 32 heavy (non-hydrogen) atoms. The molecule has 2 atom stereocenters. The van der Waals surface area contributed by atoms with Crippen LogP contribution in [0.15, 0.2) is 36.5 Å². The highest BCUT2D eigenvalue weighted by Gasteiger charge is 2.37. The number of nitrogens with one attached hydrogen (secondary N) is 1. The molecule has 1 saturated heterocycles. The van der Waals surface area contributed by atoms with Gasteiger partial charge in [-0.2, -0.15) is 5.10 Å². The number of amides is 2. The molecule has 0 radical (unpaired) electrons. The molecule has 7 nitrogen and oxygen atoms in total. The Balaban J connectivity index is 0.000000300. The van der Waals surface area contributed by atoms with Gasteiger partial charge in [-0.15, -0.1) is 0 Å². The Labute approximate surface area is 191 Å². The zero-order chi connectivity index (χ0) is 24.3. The van der Waals surface area contributed by atoms with Crippen molar-refractivity contribution in [2.75, 3.05) is 6.54 Å². The van der Waals surface area contributed by atoms with Gasteiger partial charge in [0, 0.05) is 32.4 Å². The maximum absolute atomic E-state index is 13.4. The Morgan fingerprint density at radius 3 is 2.38 bits per heavy atom. The quantitative estimate of drug-likeness (QED) is 0.664. The molecule has 1 aromatic heterocycles. The summed E-state index contributed by atoms with van der Waals surface area (Å²) in [5, 5.41) is 6.76. The van der Waals surface area contributed by atoms with Crippen molar-refractivity contribution in [3.05, 3.63) is 42.1 Å². The minimum atomic E-state index is -1.64. The van der Waals surface area contributed by atoms with E-state index in [1.54, 1.807) is 11.1 Å². The average Bonchev–Trinajstić information content (AvgIpc) is 3.41. The molecular weight excluding hydrogens is 409 g/mol. The second-order valence-electron chi connectivity index (χ2n) is 8.10. The van der Waals surface area contributed by atoms with Gasteiger partial charge in [-0.3, -0.25) is 14.3 Å². The maximum Gasteiger partial charge on any atom is 0.243 e. The van der Waals surface area contributed by atoms with Crippen molar-refractivity contribution in [3.8, 4) is 11.3 Å². The van der Waals surface area contributed by atoms with Crippen molar-refractivity contribution < 1.29 is 14.0 Å². The molecule has 0 aliphatic carbocycles. The molecule has 1 aromatic carbocycles. The number of aromatic nitrogens is 2. The van der Waals surface area contributed by atoms with Gasteiger partial charge in [-0.05, 0) is 50.8 Å². The normalized spacial score (nSPS) is 16.2. The molecule has 2 heterocycles. The first kappa shape index (κ1) is 27.3. The Hall–Kier alpha value is -2.74. The Morgan fingerprint density at radius 1 is 1.31 bits per heavy atom. The summed E-state index contributed by atoms with van der Waals surface area (Å²) < 4.78 is 15.3. The van der Waals surface area contributed by atoms with Gasteiger partial charge in [0.1, 0.15) is 11.7 Å². The number of aryl methyl sites for hydroxylation is 1. The minimum absolute atomic E-state index is 0.205. The lowest BCUT2D eigenvalue weighted by Gasteiger charge is -2.29. The second-order valence-corrected chi connectivity index (χ2v) is 8.10. The van der Waals surface area contributed by atoms with Crippen LogP contribution >= 0.6 is 0 Å². The van der Waals surface area contributed by atoms with E-state index in [4.69, 9.17) is 5.73 Å². The molecule has 2 amide bonds. The molecule has 178 valence electrons. The fourth-order valence-corrected chi connectivity index (χ4v) is 3.34. The fourth-order valence-electron chi connectivity index (χ4n) is 3.34. The van der Waals surface area contributed by atoms with E-state index >= 15 is 0 Å². The van der Waals surface area contributed by atoms with Crippen LogP contribution in [0.2, 0.25) is 0 Å². The average molecular weight is 448 g/mol. The number of alkyl halides is 1. The molecule has 0 saturated carbocycles. The molecule has 1 aliphatic rings. The number of carbonyl (C=O) groups is 2. The van der Waals surface area contributed by atoms with Gasteiger partial charge in [-0.1, -0.05) is 38.1 Å². The summed E-state index contributed by atoms with van der Waals surface area (Å²) >= 11 is 0. The van der Waals surface area contributed by atoms with Gasteiger partial charge in [0.2, 0.25) is 12.3 Å². The smallest absolute Gasteiger partial charge is 0.243 e. The molecule has 1 aliphatic heterocycles. The summed E-state index contributed by atoms with van der Waals surface area (Å²) in [7, 11) is 1.91. The third-order valence-electron chi connectivity index (χ3n) is 5.30. The lowest BCUT2D eigenvalue weighted by atomic mass is 10.0. The van der Waals surface area contributed by atoms with Crippen LogP contribution in [0.25, 0.3) is 11.3 Å². The number of nitrogens with two attached hydrogens (primary N) is 1. The summed E-state index contributed by atoms with van der Waals surface area (Å²) in [6.07, 6.45) is 4.46. The van der Waals surface area contributed by atoms with E-state index in [1.807, 2.05) is 62.8 Å². The van der Waals surface area contributed by atoms with Gasteiger partial charge in [0.25, 0.3) is 0 Å². The number of benzene rings is 1. The van der Waals surface area contributed by atoms with E-state index in [2.05, 4.69) is 10.4 Å². The molecular formula is C24H38FN5O2. The zero-order valence-electron chi connectivity index (χ0n) is 20.1. The van der Waals surface area contributed by atoms with Gasteiger partial charge < -0.3 is 16.0 Å². The summed E-state index contributed by atoms with van der Waals surface area (Å²) in [4.78, 5) is 23.6. The number of likely N-dealkylation sites (tertiary alicyclic amines) is 1. The molecule has 2 unspecified atom stereocenters. The standard InChI is InChI=1S/C12H13N3O.C10H19FN2O.C2H6/c1-15-12(6-7-14-15)11-4-2-10(3-5-11)8-13-9-16;1-7-5-4-6-13(7)9(14)8(12)10(2,3)11;1-2/h2-7,9H,8H2,1H3,(H,13,16);7-8H,4-6,12H2,1-3H3;1-2H3. The molecule has 0 bridgehead atoms. The number of hydrogen-bond donors (Lipinski definition) is 2. The zero-order valence-corrected chi connectivity index (χ0v) is 20.1. The van der Waals surface area contributed by atoms with Crippen molar-refractivity contribution in [1.82, 2.24) is 20.0 Å². The number of rotatable bonds is 6. The minimum Gasteiger partial charge on any atom is -0.355 e. The Kier molecular flexibility index (Phi) is 11.1. The van der Waals surface area contributed by atoms with Crippen LogP contribution in [0, 0.1) is 0 Å². The lowest BCUT2D eigenvalue weighted by molar-refractivity contribution is -0.136. The summed E-state index contributed by atoms with van der Waals surface area (Å²) in [5.41, 5.74) is 7.21. The number of halogens is 1. The van der Waals surface area contributed by atoms with E-state index in [1.165, 1.54) is 13.8 Å². The maximum atomic E-state index is 13.4. The summed E-state index contributed by atoms with van der Waals surface area (Å²) in [5.74, 6) is -0.262. The molecule has 3 N–H and O–H groups in total. The number of carbonyl (C=O) groups excluding carboxylic acids is 2. The van der Waals surface area contributed by atoms with E-state index in [0.717, 1.165) is 29.7 Å². The fraction of sp³-hybridized carbons (Fsp3) is 0.542. The Bertz CT molecular complexity index is 826. The van der Waals surface area contributed by atoms with Crippen molar-refractivity contribution in [1.29, 1.82) is 0 Å². The molecule has 0 spiro atoms. The topological polar surface area (TPSA) is 93.2 Å². The van der Waals surface area contributed by atoms with E-state index in [-0.39, 0.29) is 11.9 Å². The van der Waals surface area contributed by atoms with Gasteiger partial charge in [0.05, 0.1) is 5.69 Å². The van der Waals surface area contributed by atoms with E-state index in [9.17, 15) is 14.0 Å². The summed E-state index contributed by atoms with van der Waals surface area (Å²) in [6.45, 7) is 9.94. The highest BCUT2D eigenvalue weighted by atomic mass is 19.1. The summed E-state index contributed by atoms with van der Waals surface area (Å²) in [6, 6.07) is 9.19. The van der Waals surface area contributed by atoms with Crippen LogP contribution in [0.5, 0.6) is 0 Å². The number of hydrogen-bond acceptors (Lipinski definition) is 4. The predicted molar refractivity (Wildman–Crippen MR) is 126 cm³/mol. The van der Waals surface area contributed by atoms with Crippen molar-refractivity contribution in [2.45, 2.75) is 71.8 Å². The third kappa shape index (κ3) is 7.75. The lowest BCUT2D eigenvalue weighted by Crippen LogP contribution is -2.53. The van der Waals surface area contributed by atoms with Crippen molar-refractivity contribution >= 4 is 12.3 Å². The first-order valence-corrected chi connectivity index (χ1v) is 11.1. The van der Waals surface area contributed by atoms with Crippen LogP contribution in [-0.4, -0.2) is 51.3 Å². The van der Waals surface area contributed by atoms with Crippen molar-refractivity contribution in [3.63, 3.8) is 0 Å². The first-order valence-electron chi connectivity index (χ1n) is 11.1. The monoisotopic (exact) mass is 447 g/mol. The van der Waals surface area contributed by atoms with E-state index < -0.39 is 11.7 Å². The molecule has 3 rings (SSSR count). The second kappa shape index (κ2) is 13.0. The van der Waals surface area contributed by atoms with Crippen LogP contribution in [-0.2, 0) is 23.2 Å². The molecule has 1 fully saturated rings. The van der Waals surface area contributed by atoms with Gasteiger partial charge in [0.15, 0.2) is 0 Å². The Morgan fingerprint density at radius 2 is 1.94 bits per heavy atom. The third-order valence-corrected chi connectivity index (χ3v) is 5.30. The first-order chi connectivity index (χ1) is 15.1. The van der Waals surface area contributed by atoms with Crippen molar-refractivity contribution in [2.24, 2.45) is 12.8 Å². The van der Waals surface area contributed by atoms with Gasteiger partial charge >= 0.3 is 0 Å². The van der Waals surface area contributed by atoms with Crippen LogP contribution in [0.4, 0.5) is 4.39 Å². The largest absolute Gasteiger partial charge is 0.355 e. The van der Waals surface area contributed by atoms with Crippen LogP contribution < -0.4 is 11.1 Å². The van der Waals surface area contributed by atoms with E-state index in [0.29, 0.717) is 19.5 Å².